The lowest BCUT2D eigenvalue weighted by Crippen LogP contribution is -2.20. The van der Waals surface area contributed by atoms with Gasteiger partial charge in [0.15, 0.2) is 0 Å². The van der Waals surface area contributed by atoms with E-state index in [4.69, 9.17) is 5.11 Å². The topological polar surface area (TPSA) is 49.3 Å². The fourth-order valence-electron chi connectivity index (χ4n) is 1.59. The average Bonchev–Trinajstić information content (AvgIpc) is 2.29. The van der Waals surface area contributed by atoms with Crippen LogP contribution in [0.15, 0.2) is 30.3 Å². The van der Waals surface area contributed by atoms with Crippen LogP contribution >= 0.6 is 0 Å². The highest BCUT2D eigenvalue weighted by Crippen LogP contribution is 2.17. The highest BCUT2D eigenvalue weighted by molar-refractivity contribution is 5.66. The van der Waals surface area contributed by atoms with E-state index in [0.717, 1.165) is 13.0 Å². The smallest absolute Gasteiger partial charge is 0.304 e. The zero-order chi connectivity index (χ0) is 11.8. The van der Waals surface area contributed by atoms with Crippen molar-refractivity contribution in [3.05, 3.63) is 35.9 Å². The minimum atomic E-state index is -0.747. The van der Waals surface area contributed by atoms with Gasteiger partial charge in [0.2, 0.25) is 0 Å². The highest BCUT2D eigenvalue weighted by Gasteiger charge is 2.04. The minimum Gasteiger partial charge on any atom is -0.481 e. The quantitative estimate of drug-likeness (QED) is 0.694. The second-order valence-corrected chi connectivity index (χ2v) is 3.99. The fourth-order valence-corrected chi connectivity index (χ4v) is 1.59. The number of benzene rings is 1. The Balaban J connectivity index is 2.16. The average molecular weight is 221 g/mol. The van der Waals surface area contributed by atoms with E-state index in [9.17, 15) is 4.79 Å². The van der Waals surface area contributed by atoms with Crippen LogP contribution in [0.2, 0.25) is 0 Å². The molecule has 3 heteroatoms. The molecule has 0 aliphatic rings. The molecular weight excluding hydrogens is 202 g/mol. The van der Waals surface area contributed by atoms with Crippen molar-refractivity contribution < 1.29 is 9.90 Å². The van der Waals surface area contributed by atoms with Gasteiger partial charge in [0.05, 0.1) is 6.42 Å². The maximum Gasteiger partial charge on any atom is 0.304 e. The molecule has 0 amide bonds. The first kappa shape index (κ1) is 12.7. The predicted molar refractivity (Wildman–Crippen MR) is 64.6 cm³/mol. The zero-order valence-electron chi connectivity index (χ0n) is 9.65. The van der Waals surface area contributed by atoms with Crippen LogP contribution < -0.4 is 5.32 Å². The number of hydrogen-bond acceptors (Lipinski definition) is 2. The Morgan fingerprint density at radius 2 is 2.00 bits per heavy atom. The molecule has 1 rings (SSSR count). The first-order chi connectivity index (χ1) is 7.70. The summed E-state index contributed by atoms with van der Waals surface area (Å²) in [4.78, 5) is 10.3. The third-order valence-corrected chi connectivity index (χ3v) is 2.64. The first-order valence-corrected chi connectivity index (χ1v) is 5.67. The molecule has 1 aromatic rings. The van der Waals surface area contributed by atoms with Crippen LogP contribution in [-0.2, 0) is 4.79 Å². The number of carbonyl (C=O) groups is 1. The SMILES string of the molecule is CC(CCNCCC(=O)O)c1ccccc1. The van der Waals surface area contributed by atoms with Gasteiger partial charge in [0, 0.05) is 6.54 Å². The van der Waals surface area contributed by atoms with Crippen molar-refractivity contribution >= 4 is 5.97 Å². The predicted octanol–water partition coefficient (Wildman–Crippen LogP) is 2.24. The molecule has 1 unspecified atom stereocenters. The lowest BCUT2D eigenvalue weighted by molar-refractivity contribution is -0.136. The minimum absolute atomic E-state index is 0.194. The number of carboxylic acids is 1. The van der Waals surface area contributed by atoms with Gasteiger partial charge >= 0.3 is 5.97 Å². The number of nitrogens with one attached hydrogen (secondary N) is 1. The molecule has 0 aliphatic heterocycles. The van der Waals surface area contributed by atoms with Gasteiger partial charge in [0.25, 0.3) is 0 Å². The van der Waals surface area contributed by atoms with Gasteiger partial charge in [-0.05, 0) is 24.4 Å². The van der Waals surface area contributed by atoms with Gasteiger partial charge in [-0.25, -0.2) is 0 Å². The van der Waals surface area contributed by atoms with E-state index in [2.05, 4.69) is 24.4 Å². The van der Waals surface area contributed by atoms with Gasteiger partial charge in [-0.2, -0.15) is 0 Å². The van der Waals surface area contributed by atoms with Crippen LogP contribution in [0.3, 0.4) is 0 Å². The maximum atomic E-state index is 10.3. The second kappa shape index (κ2) is 7.01. The van der Waals surface area contributed by atoms with Crippen molar-refractivity contribution in [1.82, 2.24) is 5.32 Å². The van der Waals surface area contributed by atoms with Crippen molar-refractivity contribution in [3.8, 4) is 0 Å². The summed E-state index contributed by atoms with van der Waals surface area (Å²) in [6.45, 7) is 3.61. The molecule has 0 saturated heterocycles. The van der Waals surface area contributed by atoms with Gasteiger partial charge in [0.1, 0.15) is 0 Å². The summed E-state index contributed by atoms with van der Waals surface area (Å²) < 4.78 is 0. The van der Waals surface area contributed by atoms with E-state index in [0.29, 0.717) is 12.5 Å². The molecule has 16 heavy (non-hydrogen) atoms. The Morgan fingerprint density at radius 3 is 2.62 bits per heavy atom. The summed E-state index contributed by atoms with van der Waals surface area (Å²) in [6, 6.07) is 10.4. The standard InChI is InChI=1S/C13H19NO2/c1-11(12-5-3-2-4-6-12)7-9-14-10-8-13(15)16/h2-6,11,14H,7-10H2,1H3,(H,15,16). The van der Waals surface area contributed by atoms with Crippen LogP contribution in [0.5, 0.6) is 0 Å². The van der Waals surface area contributed by atoms with Gasteiger partial charge in [-0.15, -0.1) is 0 Å². The Morgan fingerprint density at radius 1 is 1.31 bits per heavy atom. The Hall–Kier alpha value is -1.35. The molecule has 0 aliphatic carbocycles. The van der Waals surface area contributed by atoms with Crippen molar-refractivity contribution in [1.29, 1.82) is 0 Å². The van der Waals surface area contributed by atoms with Gasteiger partial charge < -0.3 is 10.4 Å². The number of rotatable bonds is 7. The van der Waals surface area contributed by atoms with E-state index < -0.39 is 5.97 Å². The fraction of sp³-hybridized carbons (Fsp3) is 0.462. The molecule has 1 atom stereocenters. The molecule has 88 valence electrons. The van der Waals surface area contributed by atoms with E-state index in [-0.39, 0.29) is 6.42 Å². The molecular formula is C13H19NO2. The van der Waals surface area contributed by atoms with Crippen molar-refractivity contribution in [2.45, 2.75) is 25.7 Å². The number of hydrogen-bond donors (Lipinski definition) is 2. The number of aliphatic carboxylic acids is 1. The molecule has 0 radical (unpaired) electrons. The first-order valence-electron chi connectivity index (χ1n) is 5.67. The molecule has 0 heterocycles. The normalized spacial score (nSPS) is 12.3. The van der Waals surface area contributed by atoms with Crippen LogP contribution in [-0.4, -0.2) is 24.2 Å². The molecule has 0 aromatic heterocycles. The summed E-state index contributed by atoms with van der Waals surface area (Å²) in [5, 5.41) is 11.6. The molecule has 1 aromatic carbocycles. The molecule has 0 spiro atoms. The summed E-state index contributed by atoms with van der Waals surface area (Å²) in [7, 11) is 0. The van der Waals surface area contributed by atoms with Crippen molar-refractivity contribution in [3.63, 3.8) is 0 Å². The monoisotopic (exact) mass is 221 g/mol. The maximum absolute atomic E-state index is 10.3. The van der Waals surface area contributed by atoms with Crippen LogP contribution in [0.4, 0.5) is 0 Å². The van der Waals surface area contributed by atoms with Gasteiger partial charge in [-0.3, -0.25) is 4.79 Å². The Kier molecular flexibility index (Phi) is 5.57. The molecule has 0 saturated carbocycles. The Labute approximate surface area is 96.5 Å². The molecule has 3 nitrogen and oxygen atoms in total. The van der Waals surface area contributed by atoms with E-state index >= 15 is 0 Å². The van der Waals surface area contributed by atoms with Crippen molar-refractivity contribution in [2.24, 2.45) is 0 Å². The molecule has 0 bridgehead atoms. The van der Waals surface area contributed by atoms with E-state index in [1.54, 1.807) is 0 Å². The number of carboxylic acid groups (broad SMARTS) is 1. The third-order valence-electron chi connectivity index (χ3n) is 2.64. The van der Waals surface area contributed by atoms with E-state index in [1.807, 2.05) is 18.2 Å². The largest absolute Gasteiger partial charge is 0.481 e. The summed E-state index contributed by atoms with van der Waals surface area (Å²) in [5.74, 6) is -0.234. The summed E-state index contributed by atoms with van der Waals surface area (Å²) in [6.07, 6.45) is 1.23. The van der Waals surface area contributed by atoms with Crippen LogP contribution in [0.25, 0.3) is 0 Å². The molecule has 2 N–H and O–H groups in total. The second-order valence-electron chi connectivity index (χ2n) is 3.99. The third kappa shape index (κ3) is 4.94. The summed E-state index contributed by atoms with van der Waals surface area (Å²) in [5.41, 5.74) is 1.34. The lowest BCUT2D eigenvalue weighted by atomic mass is 9.98. The van der Waals surface area contributed by atoms with Gasteiger partial charge in [-0.1, -0.05) is 37.3 Å². The highest BCUT2D eigenvalue weighted by atomic mass is 16.4. The Bertz CT molecular complexity index is 311. The zero-order valence-corrected chi connectivity index (χ0v) is 9.65. The summed E-state index contributed by atoms with van der Waals surface area (Å²) >= 11 is 0. The van der Waals surface area contributed by atoms with E-state index in [1.165, 1.54) is 5.56 Å². The van der Waals surface area contributed by atoms with Crippen LogP contribution in [0.1, 0.15) is 31.2 Å². The lowest BCUT2D eigenvalue weighted by Gasteiger charge is -2.11. The van der Waals surface area contributed by atoms with Crippen molar-refractivity contribution in [2.75, 3.05) is 13.1 Å². The van der Waals surface area contributed by atoms with Crippen LogP contribution in [0, 0.1) is 0 Å². The molecule has 0 fully saturated rings.